The van der Waals surface area contributed by atoms with Gasteiger partial charge < -0.3 is 0 Å². The van der Waals surface area contributed by atoms with E-state index in [9.17, 15) is 13.6 Å². The maximum Gasteiger partial charge on any atom is 0.177 e. The van der Waals surface area contributed by atoms with Crippen molar-refractivity contribution in [2.75, 3.05) is 0 Å². The number of hydrogen-bond acceptors (Lipinski definition) is 2. The standard InChI is InChI=1S/C16H14F2OS/c17-12-5-3-6-13(18)11(12)9-14(19)16-8-10-4-1-2-7-15(10)20-16/h3,5-6,8H,1-2,4,7,9H2. The summed E-state index contributed by atoms with van der Waals surface area (Å²) in [5.74, 6) is -1.51. The fourth-order valence-corrected chi connectivity index (χ4v) is 3.77. The van der Waals surface area contributed by atoms with Crippen LogP contribution in [-0.4, -0.2) is 5.78 Å². The molecule has 0 aliphatic heterocycles. The summed E-state index contributed by atoms with van der Waals surface area (Å²) in [6, 6.07) is 5.58. The van der Waals surface area contributed by atoms with Gasteiger partial charge in [-0.3, -0.25) is 4.79 Å². The van der Waals surface area contributed by atoms with E-state index in [0.717, 1.165) is 25.7 Å². The van der Waals surface area contributed by atoms with E-state index in [4.69, 9.17) is 0 Å². The average molecular weight is 292 g/mol. The number of halogens is 2. The van der Waals surface area contributed by atoms with Crippen LogP contribution in [0.5, 0.6) is 0 Å². The molecule has 4 heteroatoms. The Labute approximate surface area is 120 Å². The molecule has 1 nitrogen and oxygen atoms in total. The number of carbonyl (C=O) groups excluding carboxylic acids is 1. The second-order valence-electron chi connectivity index (χ2n) is 5.07. The van der Waals surface area contributed by atoms with Crippen molar-refractivity contribution >= 4 is 17.1 Å². The Hall–Kier alpha value is -1.55. The first-order valence-electron chi connectivity index (χ1n) is 6.73. The Morgan fingerprint density at radius 2 is 1.85 bits per heavy atom. The predicted octanol–water partition coefficient (Wildman–Crippen LogP) is 4.33. The molecule has 1 heterocycles. The van der Waals surface area contributed by atoms with Gasteiger partial charge in [-0.25, -0.2) is 8.78 Å². The smallest absolute Gasteiger partial charge is 0.177 e. The molecule has 1 aromatic carbocycles. The molecule has 1 aromatic heterocycles. The van der Waals surface area contributed by atoms with Gasteiger partial charge in [-0.15, -0.1) is 11.3 Å². The van der Waals surface area contributed by atoms with Crippen LogP contribution < -0.4 is 0 Å². The minimum absolute atomic E-state index is 0.135. The van der Waals surface area contributed by atoms with Crippen molar-refractivity contribution < 1.29 is 13.6 Å². The highest BCUT2D eigenvalue weighted by atomic mass is 32.1. The Morgan fingerprint density at radius 3 is 2.55 bits per heavy atom. The Kier molecular flexibility index (Phi) is 3.66. The second-order valence-corrected chi connectivity index (χ2v) is 6.20. The monoisotopic (exact) mass is 292 g/mol. The van der Waals surface area contributed by atoms with Crippen LogP contribution in [0.25, 0.3) is 0 Å². The van der Waals surface area contributed by atoms with Crippen LogP contribution in [0.15, 0.2) is 24.3 Å². The van der Waals surface area contributed by atoms with Gasteiger partial charge in [-0.1, -0.05) is 6.07 Å². The van der Waals surface area contributed by atoms with Gasteiger partial charge in [0.15, 0.2) is 5.78 Å². The van der Waals surface area contributed by atoms with Crippen molar-refractivity contribution in [3.05, 3.63) is 56.8 Å². The molecule has 0 bridgehead atoms. The normalized spacial score (nSPS) is 14.1. The molecule has 0 N–H and O–H groups in total. The second kappa shape index (κ2) is 5.44. The largest absolute Gasteiger partial charge is 0.293 e. The number of benzene rings is 1. The van der Waals surface area contributed by atoms with E-state index in [1.54, 1.807) is 0 Å². The summed E-state index contributed by atoms with van der Waals surface area (Å²) >= 11 is 1.48. The number of ketones is 1. The van der Waals surface area contributed by atoms with E-state index in [1.165, 1.54) is 40.0 Å². The summed E-state index contributed by atoms with van der Waals surface area (Å²) in [5, 5.41) is 0. The van der Waals surface area contributed by atoms with Gasteiger partial charge in [-0.2, -0.15) is 0 Å². The molecule has 104 valence electrons. The van der Waals surface area contributed by atoms with E-state index in [2.05, 4.69) is 0 Å². The van der Waals surface area contributed by atoms with Crippen molar-refractivity contribution in [2.24, 2.45) is 0 Å². The zero-order valence-electron chi connectivity index (χ0n) is 10.9. The zero-order valence-corrected chi connectivity index (χ0v) is 11.7. The van der Waals surface area contributed by atoms with Crippen LogP contribution in [0.1, 0.15) is 38.5 Å². The quantitative estimate of drug-likeness (QED) is 0.770. The van der Waals surface area contributed by atoms with Gasteiger partial charge in [0.05, 0.1) is 4.88 Å². The molecule has 1 aliphatic carbocycles. The van der Waals surface area contributed by atoms with Crippen LogP contribution >= 0.6 is 11.3 Å². The third kappa shape index (κ3) is 2.52. The molecule has 20 heavy (non-hydrogen) atoms. The van der Waals surface area contributed by atoms with Gasteiger partial charge in [0.25, 0.3) is 0 Å². The summed E-state index contributed by atoms with van der Waals surface area (Å²) in [4.78, 5) is 14.1. The average Bonchev–Trinajstić information content (AvgIpc) is 2.87. The number of thiophene rings is 1. The molecule has 2 aromatic rings. The molecule has 0 amide bonds. The lowest BCUT2D eigenvalue weighted by Crippen LogP contribution is -2.05. The van der Waals surface area contributed by atoms with E-state index < -0.39 is 11.6 Å². The highest BCUT2D eigenvalue weighted by molar-refractivity contribution is 7.14. The SMILES string of the molecule is O=C(Cc1c(F)cccc1F)c1cc2c(s1)CCCC2. The molecular formula is C16H14F2OS. The lowest BCUT2D eigenvalue weighted by molar-refractivity contribution is 0.0994. The molecular weight excluding hydrogens is 278 g/mol. The molecule has 0 unspecified atom stereocenters. The van der Waals surface area contributed by atoms with Gasteiger partial charge >= 0.3 is 0 Å². The minimum Gasteiger partial charge on any atom is -0.293 e. The molecule has 0 radical (unpaired) electrons. The number of Topliss-reactive ketones (excluding diaryl/α,β-unsaturated/α-hetero) is 1. The van der Waals surface area contributed by atoms with Gasteiger partial charge in [-0.05, 0) is 49.4 Å². The lowest BCUT2D eigenvalue weighted by Gasteiger charge is -2.08. The Balaban J connectivity index is 1.84. The zero-order chi connectivity index (χ0) is 14.1. The van der Waals surface area contributed by atoms with Gasteiger partial charge in [0.1, 0.15) is 11.6 Å². The van der Waals surface area contributed by atoms with Crippen LogP contribution in [0.2, 0.25) is 0 Å². The summed E-state index contributed by atoms with van der Waals surface area (Å²) in [6.45, 7) is 0. The third-order valence-electron chi connectivity index (χ3n) is 3.67. The van der Waals surface area contributed by atoms with Gasteiger partial charge in [0, 0.05) is 16.9 Å². The van der Waals surface area contributed by atoms with Crippen LogP contribution in [-0.2, 0) is 19.3 Å². The topological polar surface area (TPSA) is 17.1 Å². The summed E-state index contributed by atoms with van der Waals surface area (Å²) in [6.07, 6.45) is 4.12. The van der Waals surface area contributed by atoms with Crippen molar-refractivity contribution in [1.29, 1.82) is 0 Å². The predicted molar refractivity (Wildman–Crippen MR) is 75.4 cm³/mol. The molecule has 3 rings (SSSR count). The maximum absolute atomic E-state index is 13.6. The van der Waals surface area contributed by atoms with Crippen molar-refractivity contribution in [2.45, 2.75) is 32.1 Å². The molecule has 0 saturated carbocycles. The van der Waals surface area contributed by atoms with E-state index >= 15 is 0 Å². The van der Waals surface area contributed by atoms with Crippen molar-refractivity contribution in [3.8, 4) is 0 Å². The molecule has 0 spiro atoms. The number of rotatable bonds is 3. The molecule has 0 fully saturated rings. The maximum atomic E-state index is 13.6. The number of aryl methyl sites for hydroxylation is 2. The number of hydrogen-bond donors (Lipinski definition) is 0. The summed E-state index contributed by atoms with van der Waals surface area (Å²) in [5.41, 5.74) is 1.10. The Morgan fingerprint density at radius 1 is 1.15 bits per heavy atom. The third-order valence-corrected chi connectivity index (χ3v) is 4.95. The van der Waals surface area contributed by atoms with E-state index in [-0.39, 0.29) is 17.8 Å². The van der Waals surface area contributed by atoms with E-state index in [1.807, 2.05) is 6.07 Å². The summed E-state index contributed by atoms with van der Waals surface area (Å²) in [7, 11) is 0. The number of carbonyl (C=O) groups is 1. The number of fused-ring (bicyclic) bond motifs is 1. The first-order chi connectivity index (χ1) is 9.65. The van der Waals surface area contributed by atoms with Gasteiger partial charge in [0.2, 0.25) is 0 Å². The molecule has 0 saturated heterocycles. The highest BCUT2D eigenvalue weighted by Crippen LogP contribution is 2.30. The first kappa shape index (κ1) is 13.4. The van der Waals surface area contributed by atoms with Crippen LogP contribution in [0.4, 0.5) is 8.78 Å². The minimum atomic E-state index is -0.653. The van der Waals surface area contributed by atoms with Crippen molar-refractivity contribution in [1.82, 2.24) is 0 Å². The lowest BCUT2D eigenvalue weighted by atomic mass is 9.98. The summed E-state index contributed by atoms with van der Waals surface area (Å²) < 4.78 is 27.1. The fraction of sp³-hybridized carbons (Fsp3) is 0.312. The molecule has 1 aliphatic rings. The Bertz CT molecular complexity index is 617. The molecule has 0 atom stereocenters. The van der Waals surface area contributed by atoms with Crippen molar-refractivity contribution in [3.63, 3.8) is 0 Å². The van der Waals surface area contributed by atoms with Crippen LogP contribution in [0.3, 0.4) is 0 Å². The highest BCUT2D eigenvalue weighted by Gasteiger charge is 2.19. The van der Waals surface area contributed by atoms with Crippen LogP contribution in [0, 0.1) is 11.6 Å². The van der Waals surface area contributed by atoms with E-state index in [0.29, 0.717) is 4.88 Å². The first-order valence-corrected chi connectivity index (χ1v) is 7.54. The fourth-order valence-electron chi connectivity index (χ4n) is 2.58.